The number of benzene rings is 1. The van der Waals surface area contributed by atoms with Gasteiger partial charge in [0.15, 0.2) is 9.84 Å². The molecule has 0 saturated carbocycles. The second-order valence-corrected chi connectivity index (χ2v) is 7.48. The zero-order valence-corrected chi connectivity index (χ0v) is 12.2. The lowest BCUT2D eigenvalue weighted by Crippen LogP contribution is -2.10. The van der Waals surface area contributed by atoms with Crippen LogP contribution in [0.15, 0.2) is 17.0 Å². The Bertz CT molecular complexity index is 754. The van der Waals surface area contributed by atoms with Crippen LogP contribution in [0.4, 0.5) is 5.69 Å². The normalized spacial score (nSPS) is 11.9. The van der Waals surface area contributed by atoms with Crippen LogP contribution in [0.2, 0.25) is 0 Å². The molecule has 0 aliphatic heterocycles. The van der Waals surface area contributed by atoms with Crippen molar-refractivity contribution in [2.45, 2.75) is 11.8 Å². The van der Waals surface area contributed by atoms with Gasteiger partial charge in [0.25, 0.3) is 5.69 Å². The van der Waals surface area contributed by atoms with Gasteiger partial charge in [0.05, 0.1) is 25.9 Å². The van der Waals surface area contributed by atoms with Gasteiger partial charge >= 0.3 is 0 Å². The number of hydrogen-bond donors (Lipinski definition) is 0. The Morgan fingerprint density at radius 3 is 2.74 bits per heavy atom. The Labute approximate surface area is 118 Å². The average molecular weight is 321 g/mol. The summed E-state index contributed by atoms with van der Waals surface area (Å²) in [5, 5.41) is 11.7. The second-order valence-electron chi connectivity index (χ2n) is 3.79. The highest BCUT2D eigenvalue weighted by atomic mass is 35.5. The number of hydrogen-bond acceptors (Lipinski definition) is 6. The zero-order valence-electron chi connectivity index (χ0n) is 9.79. The van der Waals surface area contributed by atoms with Crippen molar-refractivity contribution >= 4 is 48.7 Å². The molecular formula is C10H9ClN2O4S2. The highest BCUT2D eigenvalue weighted by Gasteiger charge is 2.27. The summed E-state index contributed by atoms with van der Waals surface area (Å²) in [5.74, 6) is -0.461. The van der Waals surface area contributed by atoms with Gasteiger partial charge < -0.3 is 0 Å². The molecule has 9 heteroatoms. The van der Waals surface area contributed by atoms with Crippen LogP contribution in [-0.4, -0.2) is 30.0 Å². The largest absolute Gasteiger partial charge is 0.289 e. The van der Waals surface area contributed by atoms with Crippen molar-refractivity contribution in [3.63, 3.8) is 0 Å². The number of nitro groups is 1. The van der Waals surface area contributed by atoms with Gasteiger partial charge in [-0.3, -0.25) is 10.1 Å². The summed E-state index contributed by atoms with van der Waals surface area (Å²) in [7, 11) is -3.78. The van der Waals surface area contributed by atoms with Crippen molar-refractivity contribution in [1.29, 1.82) is 0 Å². The van der Waals surface area contributed by atoms with Crippen LogP contribution in [-0.2, 0) is 9.84 Å². The maximum atomic E-state index is 12.0. The fourth-order valence-corrected chi connectivity index (χ4v) is 4.28. The first-order chi connectivity index (χ1) is 8.85. The maximum Gasteiger partial charge on any atom is 0.289 e. The fourth-order valence-electron chi connectivity index (χ4n) is 1.66. The predicted octanol–water partition coefficient (Wildman–Crippen LogP) is 2.53. The van der Waals surface area contributed by atoms with E-state index in [-0.39, 0.29) is 16.5 Å². The van der Waals surface area contributed by atoms with Crippen molar-refractivity contribution < 1.29 is 13.3 Å². The molecule has 6 nitrogen and oxygen atoms in total. The third-order valence-corrected chi connectivity index (χ3v) is 5.54. The number of nitrogens with zero attached hydrogens (tertiary/aromatic N) is 2. The van der Waals surface area contributed by atoms with Crippen molar-refractivity contribution in [3.05, 3.63) is 27.3 Å². The molecule has 0 aliphatic carbocycles. The fraction of sp³-hybridized carbons (Fsp3) is 0.300. The van der Waals surface area contributed by atoms with Gasteiger partial charge in [0.1, 0.15) is 4.90 Å². The molecule has 0 atom stereocenters. The molecule has 0 N–H and O–H groups in total. The minimum absolute atomic E-state index is 0.117. The van der Waals surface area contributed by atoms with Gasteiger partial charge in [-0.05, 0) is 13.0 Å². The van der Waals surface area contributed by atoms with Crippen LogP contribution in [0, 0.1) is 17.0 Å². The third-order valence-electron chi connectivity index (χ3n) is 2.45. The van der Waals surface area contributed by atoms with Crippen LogP contribution in [0.5, 0.6) is 0 Å². The van der Waals surface area contributed by atoms with Crippen molar-refractivity contribution in [1.82, 2.24) is 4.98 Å². The molecule has 0 unspecified atom stereocenters. The molecule has 102 valence electrons. The van der Waals surface area contributed by atoms with Crippen LogP contribution in [0.25, 0.3) is 10.2 Å². The molecule has 1 heterocycles. The maximum absolute atomic E-state index is 12.0. The molecule has 0 saturated heterocycles. The van der Waals surface area contributed by atoms with E-state index in [2.05, 4.69) is 4.98 Å². The highest BCUT2D eigenvalue weighted by molar-refractivity contribution is 7.91. The Hall–Kier alpha value is -1.25. The highest BCUT2D eigenvalue weighted by Crippen LogP contribution is 2.32. The summed E-state index contributed by atoms with van der Waals surface area (Å²) < 4.78 is 24.6. The van der Waals surface area contributed by atoms with E-state index >= 15 is 0 Å². The number of thiazole rings is 1. The summed E-state index contributed by atoms with van der Waals surface area (Å²) in [6, 6.07) is 2.50. The molecule has 1 aromatic heterocycles. The van der Waals surface area contributed by atoms with Gasteiger partial charge in [0, 0.05) is 11.9 Å². The number of rotatable bonds is 4. The smallest absolute Gasteiger partial charge is 0.258 e. The molecule has 2 rings (SSSR count). The molecule has 1 aromatic carbocycles. The number of nitro benzene ring substituents is 1. The molecular weight excluding hydrogens is 312 g/mol. The molecule has 19 heavy (non-hydrogen) atoms. The number of sulfone groups is 1. The Kier molecular flexibility index (Phi) is 3.75. The van der Waals surface area contributed by atoms with Crippen LogP contribution in [0.1, 0.15) is 5.01 Å². The molecule has 0 radical (unpaired) electrons. The molecule has 0 amide bonds. The zero-order chi connectivity index (χ0) is 14.2. The molecule has 2 aromatic rings. The lowest BCUT2D eigenvalue weighted by Gasteiger charge is -2.03. The second kappa shape index (κ2) is 5.03. The first-order valence-electron chi connectivity index (χ1n) is 5.19. The van der Waals surface area contributed by atoms with Gasteiger partial charge in [-0.1, -0.05) is 0 Å². The van der Waals surface area contributed by atoms with Gasteiger partial charge in [-0.15, -0.1) is 22.9 Å². The first kappa shape index (κ1) is 14.2. The topological polar surface area (TPSA) is 90.2 Å². The lowest BCUT2D eigenvalue weighted by atomic mass is 10.3. The molecule has 0 bridgehead atoms. The van der Waals surface area contributed by atoms with E-state index in [1.807, 2.05) is 0 Å². The lowest BCUT2D eigenvalue weighted by molar-refractivity contribution is -0.387. The SMILES string of the molecule is Cc1nc2cc(S(=O)(=O)CCCl)c([N+](=O)[O-])cc2s1. The minimum atomic E-state index is -3.78. The van der Waals surface area contributed by atoms with Gasteiger partial charge in [-0.25, -0.2) is 13.4 Å². The number of alkyl halides is 1. The van der Waals surface area contributed by atoms with Crippen molar-refractivity contribution in [2.24, 2.45) is 0 Å². The average Bonchev–Trinajstić information content (AvgIpc) is 2.66. The summed E-state index contributed by atoms with van der Waals surface area (Å²) in [6.45, 7) is 1.75. The third kappa shape index (κ3) is 2.70. The number of aromatic nitrogens is 1. The van der Waals surface area contributed by atoms with E-state index in [4.69, 9.17) is 11.6 Å². The molecule has 0 spiro atoms. The van der Waals surface area contributed by atoms with Crippen LogP contribution < -0.4 is 0 Å². The van der Waals surface area contributed by atoms with Gasteiger partial charge in [-0.2, -0.15) is 0 Å². The Morgan fingerprint density at radius 1 is 1.47 bits per heavy atom. The van der Waals surface area contributed by atoms with Crippen LogP contribution >= 0.6 is 22.9 Å². The Balaban J connectivity index is 2.77. The van der Waals surface area contributed by atoms with E-state index in [1.165, 1.54) is 23.5 Å². The summed E-state index contributed by atoms with van der Waals surface area (Å²) >= 11 is 6.71. The van der Waals surface area contributed by atoms with E-state index in [0.29, 0.717) is 10.2 Å². The number of fused-ring (bicyclic) bond motifs is 1. The molecule has 0 fully saturated rings. The van der Waals surface area contributed by atoms with Crippen molar-refractivity contribution in [2.75, 3.05) is 11.6 Å². The van der Waals surface area contributed by atoms with Crippen molar-refractivity contribution in [3.8, 4) is 0 Å². The number of halogens is 1. The molecule has 0 aliphatic rings. The van der Waals surface area contributed by atoms with E-state index in [0.717, 1.165) is 5.01 Å². The summed E-state index contributed by atoms with van der Waals surface area (Å²) in [5.41, 5.74) is 0.0162. The first-order valence-corrected chi connectivity index (χ1v) is 8.20. The van der Waals surface area contributed by atoms with Crippen LogP contribution in [0.3, 0.4) is 0 Å². The van der Waals surface area contributed by atoms with E-state index < -0.39 is 20.4 Å². The summed E-state index contributed by atoms with van der Waals surface area (Å²) in [6.07, 6.45) is 0. The number of aryl methyl sites for hydroxylation is 1. The monoisotopic (exact) mass is 320 g/mol. The predicted molar refractivity (Wildman–Crippen MR) is 73.8 cm³/mol. The minimum Gasteiger partial charge on any atom is -0.258 e. The Morgan fingerprint density at radius 2 is 2.16 bits per heavy atom. The summed E-state index contributed by atoms with van der Waals surface area (Å²) in [4.78, 5) is 14.1. The van der Waals surface area contributed by atoms with Gasteiger partial charge in [0.2, 0.25) is 0 Å². The van der Waals surface area contributed by atoms with E-state index in [1.54, 1.807) is 6.92 Å². The standard InChI is InChI=1S/C10H9ClN2O4S2/c1-6-12-7-4-10(19(16,17)3-2-11)8(13(14)15)5-9(7)18-6/h4-5H,2-3H2,1H3. The van der Waals surface area contributed by atoms with E-state index in [9.17, 15) is 18.5 Å². The quantitative estimate of drug-likeness (QED) is 0.490.